The number of benzene rings is 1. The van der Waals surface area contributed by atoms with Gasteiger partial charge in [-0.15, -0.1) is 0 Å². The molecule has 1 aromatic carbocycles. The highest BCUT2D eigenvalue weighted by Gasteiger charge is 2.37. The van der Waals surface area contributed by atoms with Crippen LogP contribution in [0.1, 0.15) is 12.5 Å². The molecule has 0 radical (unpaired) electrons. The Morgan fingerprint density at radius 2 is 2.16 bits per heavy atom. The van der Waals surface area contributed by atoms with Gasteiger partial charge in [-0.1, -0.05) is 0 Å². The second-order valence-electron chi connectivity index (χ2n) is 4.77. The van der Waals surface area contributed by atoms with Crippen LogP contribution in [0.2, 0.25) is 0 Å². The Kier molecular flexibility index (Phi) is 4.29. The molecule has 2 atom stereocenters. The molecule has 0 spiro atoms. The predicted molar refractivity (Wildman–Crippen MR) is 71.5 cm³/mol. The molecule has 5 nitrogen and oxygen atoms in total. The Morgan fingerprint density at radius 1 is 1.37 bits per heavy atom. The molecule has 1 saturated heterocycles. The fourth-order valence-corrected chi connectivity index (χ4v) is 2.26. The van der Waals surface area contributed by atoms with Gasteiger partial charge in [0.15, 0.2) is 5.79 Å². The van der Waals surface area contributed by atoms with Gasteiger partial charge in [0.25, 0.3) is 0 Å². The summed E-state index contributed by atoms with van der Waals surface area (Å²) in [7, 11) is 3.28. The lowest BCUT2D eigenvalue weighted by Crippen LogP contribution is -2.31. The second-order valence-corrected chi connectivity index (χ2v) is 4.77. The Labute approximate surface area is 113 Å². The Hall–Kier alpha value is -1.30. The molecular weight excluding hydrogens is 246 g/mol. The van der Waals surface area contributed by atoms with E-state index in [1.165, 1.54) is 0 Å². The summed E-state index contributed by atoms with van der Waals surface area (Å²) in [6, 6.07) is 5.68. The lowest BCUT2D eigenvalue weighted by Gasteiger charge is -2.24. The number of hydrogen-bond donors (Lipinski definition) is 1. The van der Waals surface area contributed by atoms with Crippen molar-refractivity contribution in [3.05, 3.63) is 23.8 Å². The van der Waals surface area contributed by atoms with E-state index in [4.69, 9.17) is 24.7 Å². The van der Waals surface area contributed by atoms with Crippen molar-refractivity contribution in [2.24, 2.45) is 5.73 Å². The number of hydrogen-bond acceptors (Lipinski definition) is 5. The maximum absolute atomic E-state index is 5.83. The van der Waals surface area contributed by atoms with Crippen LogP contribution in [-0.4, -0.2) is 39.3 Å². The first-order chi connectivity index (χ1) is 9.10. The molecular formula is C14H21NO4. The van der Waals surface area contributed by atoms with Gasteiger partial charge < -0.3 is 24.7 Å². The van der Waals surface area contributed by atoms with Crippen molar-refractivity contribution >= 4 is 0 Å². The van der Waals surface area contributed by atoms with E-state index in [2.05, 4.69) is 0 Å². The first-order valence-electron chi connectivity index (χ1n) is 6.33. The average molecular weight is 267 g/mol. The molecule has 5 heteroatoms. The minimum Gasteiger partial charge on any atom is -0.497 e. The molecule has 1 fully saturated rings. The number of rotatable bonds is 5. The van der Waals surface area contributed by atoms with E-state index in [0.717, 1.165) is 17.1 Å². The second kappa shape index (κ2) is 5.77. The van der Waals surface area contributed by atoms with Crippen LogP contribution in [0.4, 0.5) is 0 Å². The maximum Gasteiger partial charge on any atom is 0.170 e. The van der Waals surface area contributed by atoms with Crippen LogP contribution in [0.3, 0.4) is 0 Å². The third kappa shape index (κ3) is 3.18. The minimum atomic E-state index is -0.663. The van der Waals surface area contributed by atoms with Crippen molar-refractivity contribution in [2.75, 3.05) is 27.4 Å². The lowest BCUT2D eigenvalue weighted by atomic mass is 10.0. The summed E-state index contributed by atoms with van der Waals surface area (Å²) >= 11 is 0. The quantitative estimate of drug-likeness (QED) is 0.872. The van der Waals surface area contributed by atoms with Gasteiger partial charge in [-0.3, -0.25) is 0 Å². The van der Waals surface area contributed by atoms with Gasteiger partial charge >= 0.3 is 0 Å². The van der Waals surface area contributed by atoms with E-state index in [0.29, 0.717) is 19.6 Å². The zero-order valence-electron chi connectivity index (χ0n) is 11.6. The van der Waals surface area contributed by atoms with E-state index < -0.39 is 5.79 Å². The van der Waals surface area contributed by atoms with E-state index in [1.807, 2.05) is 25.1 Å². The van der Waals surface area contributed by atoms with Crippen molar-refractivity contribution in [1.82, 2.24) is 0 Å². The topological polar surface area (TPSA) is 62.9 Å². The highest BCUT2D eigenvalue weighted by molar-refractivity contribution is 5.41. The fraction of sp³-hybridized carbons (Fsp3) is 0.571. The van der Waals surface area contributed by atoms with Gasteiger partial charge in [0.2, 0.25) is 0 Å². The van der Waals surface area contributed by atoms with Gasteiger partial charge in [0, 0.05) is 18.5 Å². The molecule has 0 aliphatic carbocycles. The first kappa shape index (κ1) is 14.1. The minimum absolute atomic E-state index is 0.0402. The standard InChI is InChI=1S/C14H21NO4/c1-14(18-9-12(8-15)19-14)7-10-6-11(16-2)4-5-13(10)17-3/h4-6,12H,7-9,15H2,1-3H3. The monoisotopic (exact) mass is 267 g/mol. The third-order valence-electron chi connectivity index (χ3n) is 3.25. The summed E-state index contributed by atoms with van der Waals surface area (Å²) in [6.07, 6.45) is 0.547. The van der Waals surface area contributed by atoms with E-state index in [9.17, 15) is 0 Å². The summed E-state index contributed by atoms with van der Waals surface area (Å²) in [6.45, 7) is 2.91. The Balaban J connectivity index is 2.18. The van der Waals surface area contributed by atoms with Crippen LogP contribution in [0.5, 0.6) is 11.5 Å². The molecule has 1 heterocycles. The molecule has 0 amide bonds. The van der Waals surface area contributed by atoms with Crippen LogP contribution in [0.25, 0.3) is 0 Å². The molecule has 0 saturated carbocycles. The normalized spacial score (nSPS) is 26.4. The summed E-state index contributed by atoms with van der Waals surface area (Å²) in [5.41, 5.74) is 6.59. The number of nitrogens with two attached hydrogens (primary N) is 1. The van der Waals surface area contributed by atoms with Crippen LogP contribution in [-0.2, 0) is 15.9 Å². The van der Waals surface area contributed by atoms with Crippen molar-refractivity contribution < 1.29 is 18.9 Å². The smallest absolute Gasteiger partial charge is 0.170 e. The summed E-state index contributed by atoms with van der Waals surface area (Å²) < 4.78 is 22.2. The van der Waals surface area contributed by atoms with Gasteiger partial charge in [0.05, 0.1) is 26.9 Å². The van der Waals surface area contributed by atoms with Crippen molar-refractivity contribution in [2.45, 2.75) is 25.2 Å². The summed E-state index contributed by atoms with van der Waals surface area (Å²) in [4.78, 5) is 0. The number of ether oxygens (including phenoxy) is 4. The van der Waals surface area contributed by atoms with Gasteiger partial charge in [-0.2, -0.15) is 0 Å². The zero-order valence-corrected chi connectivity index (χ0v) is 11.6. The molecule has 1 aliphatic heterocycles. The first-order valence-corrected chi connectivity index (χ1v) is 6.33. The highest BCUT2D eigenvalue weighted by atomic mass is 16.7. The summed E-state index contributed by atoms with van der Waals surface area (Å²) in [5.74, 6) is 0.919. The lowest BCUT2D eigenvalue weighted by molar-refractivity contribution is -0.151. The molecule has 0 bridgehead atoms. The molecule has 0 aromatic heterocycles. The Bertz CT molecular complexity index is 437. The molecule has 1 aromatic rings. The SMILES string of the molecule is COc1ccc(OC)c(CC2(C)OCC(CN)O2)c1. The highest BCUT2D eigenvalue weighted by Crippen LogP contribution is 2.32. The third-order valence-corrected chi connectivity index (χ3v) is 3.25. The van der Waals surface area contributed by atoms with Gasteiger partial charge in [-0.25, -0.2) is 0 Å². The van der Waals surface area contributed by atoms with Gasteiger partial charge in [-0.05, 0) is 25.1 Å². The van der Waals surface area contributed by atoms with Crippen molar-refractivity contribution in [3.8, 4) is 11.5 Å². The van der Waals surface area contributed by atoms with Crippen LogP contribution in [0.15, 0.2) is 18.2 Å². The number of methoxy groups -OCH3 is 2. The molecule has 2 rings (SSSR count). The summed E-state index contributed by atoms with van der Waals surface area (Å²) in [5, 5.41) is 0. The Morgan fingerprint density at radius 3 is 2.74 bits per heavy atom. The largest absolute Gasteiger partial charge is 0.497 e. The van der Waals surface area contributed by atoms with Crippen molar-refractivity contribution in [1.29, 1.82) is 0 Å². The van der Waals surface area contributed by atoms with E-state index >= 15 is 0 Å². The van der Waals surface area contributed by atoms with E-state index in [-0.39, 0.29) is 6.10 Å². The van der Waals surface area contributed by atoms with Crippen LogP contribution >= 0.6 is 0 Å². The molecule has 19 heavy (non-hydrogen) atoms. The van der Waals surface area contributed by atoms with Crippen LogP contribution < -0.4 is 15.2 Å². The fourth-order valence-electron chi connectivity index (χ4n) is 2.26. The van der Waals surface area contributed by atoms with E-state index in [1.54, 1.807) is 14.2 Å². The maximum atomic E-state index is 5.83. The van der Waals surface area contributed by atoms with Crippen molar-refractivity contribution in [3.63, 3.8) is 0 Å². The van der Waals surface area contributed by atoms with Crippen LogP contribution in [0, 0.1) is 0 Å². The molecule has 106 valence electrons. The molecule has 2 unspecified atom stereocenters. The molecule has 1 aliphatic rings. The van der Waals surface area contributed by atoms with Gasteiger partial charge in [0.1, 0.15) is 11.5 Å². The molecule has 2 N–H and O–H groups in total. The average Bonchev–Trinajstić information content (AvgIpc) is 2.80. The zero-order chi connectivity index (χ0) is 13.9. The predicted octanol–water partition coefficient (Wildman–Crippen LogP) is 1.34.